The molecule has 2 fully saturated rings. The van der Waals surface area contributed by atoms with Crippen LogP contribution >= 0.6 is 0 Å². The minimum Gasteiger partial charge on any atom is -0.444 e. The van der Waals surface area contributed by atoms with Gasteiger partial charge >= 0.3 is 6.09 Å². The van der Waals surface area contributed by atoms with Gasteiger partial charge in [0.05, 0.1) is 11.5 Å². The molecule has 25 heavy (non-hydrogen) atoms. The highest BCUT2D eigenvalue weighted by Crippen LogP contribution is 2.23. The van der Waals surface area contributed by atoms with Crippen LogP contribution in [-0.4, -0.2) is 61.2 Å². The van der Waals surface area contributed by atoms with Crippen molar-refractivity contribution in [3.63, 3.8) is 0 Å². The van der Waals surface area contributed by atoms with E-state index < -0.39 is 15.4 Å². The molecule has 1 N–H and O–H groups in total. The van der Waals surface area contributed by atoms with Gasteiger partial charge in [0.2, 0.25) is 0 Å². The van der Waals surface area contributed by atoms with Gasteiger partial charge in [-0.05, 0) is 53.4 Å². The first-order valence-corrected chi connectivity index (χ1v) is 11.3. The summed E-state index contributed by atoms with van der Waals surface area (Å²) in [4.78, 5) is 14.5. The van der Waals surface area contributed by atoms with E-state index in [2.05, 4.69) is 12.2 Å². The third kappa shape index (κ3) is 6.77. The molecule has 7 heteroatoms. The Kier molecular flexibility index (Phi) is 6.76. The van der Waals surface area contributed by atoms with Crippen LogP contribution in [0.1, 0.15) is 66.2 Å². The zero-order chi connectivity index (χ0) is 18.7. The van der Waals surface area contributed by atoms with Gasteiger partial charge in [-0.2, -0.15) is 0 Å². The van der Waals surface area contributed by atoms with Crippen molar-refractivity contribution in [2.75, 3.05) is 18.1 Å². The number of nitrogens with zero attached hydrogens (tertiary/aromatic N) is 1. The van der Waals surface area contributed by atoms with Crippen LogP contribution in [0.4, 0.5) is 4.79 Å². The lowest BCUT2D eigenvalue weighted by atomic mass is 10.0. The highest BCUT2D eigenvalue weighted by molar-refractivity contribution is 7.91. The number of amides is 1. The number of rotatable bonds is 4. The van der Waals surface area contributed by atoms with Crippen LogP contribution in [-0.2, 0) is 14.6 Å². The molecule has 6 nitrogen and oxygen atoms in total. The molecule has 0 bridgehead atoms. The van der Waals surface area contributed by atoms with Crippen LogP contribution in [0.3, 0.4) is 0 Å². The first kappa shape index (κ1) is 20.5. The van der Waals surface area contributed by atoms with Crippen molar-refractivity contribution in [2.45, 2.75) is 89.9 Å². The predicted molar refractivity (Wildman–Crippen MR) is 99.5 cm³/mol. The highest BCUT2D eigenvalue weighted by atomic mass is 32.2. The average Bonchev–Trinajstić information content (AvgIpc) is 2.66. The first-order chi connectivity index (χ1) is 11.6. The molecular formula is C18H34N2O4S. The van der Waals surface area contributed by atoms with Crippen LogP contribution < -0.4 is 5.32 Å². The second-order valence-electron chi connectivity index (χ2n) is 8.58. The molecule has 0 radical (unpaired) electrons. The first-order valence-electron chi connectivity index (χ1n) is 9.52. The minimum absolute atomic E-state index is 0.0424. The Morgan fingerprint density at radius 3 is 2.56 bits per heavy atom. The zero-order valence-electron chi connectivity index (χ0n) is 16.1. The van der Waals surface area contributed by atoms with Crippen molar-refractivity contribution >= 4 is 15.9 Å². The topological polar surface area (TPSA) is 75.7 Å². The number of carbonyl (C=O) groups is 1. The summed E-state index contributed by atoms with van der Waals surface area (Å²) in [5, 5.41) is 3.45. The van der Waals surface area contributed by atoms with E-state index in [4.69, 9.17) is 4.74 Å². The quantitative estimate of drug-likeness (QED) is 0.819. The molecule has 2 heterocycles. The fraction of sp³-hybridized carbons (Fsp3) is 0.944. The Balaban J connectivity index is 1.94. The van der Waals surface area contributed by atoms with E-state index in [1.54, 1.807) is 0 Å². The van der Waals surface area contributed by atoms with Crippen LogP contribution in [0.15, 0.2) is 0 Å². The summed E-state index contributed by atoms with van der Waals surface area (Å²) in [6.45, 7) is 8.50. The lowest BCUT2D eigenvalue weighted by Crippen LogP contribution is -2.47. The molecule has 0 aromatic heterocycles. The maximum absolute atomic E-state index is 12.6. The van der Waals surface area contributed by atoms with Gasteiger partial charge in [0.15, 0.2) is 9.84 Å². The Hall–Kier alpha value is -0.820. The lowest BCUT2D eigenvalue weighted by Gasteiger charge is -2.34. The molecule has 2 aliphatic heterocycles. The molecule has 0 aliphatic carbocycles. The largest absolute Gasteiger partial charge is 0.444 e. The average molecular weight is 375 g/mol. The minimum atomic E-state index is -2.87. The van der Waals surface area contributed by atoms with Crippen LogP contribution in [0.5, 0.6) is 0 Å². The molecule has 146 valence electrons. The van der Waals surface area contributed by atoms with Crippen molar-refractivity contribution < 1.29 is 17.9 Å². The van der Waals surface area contributed by atoms with Crippen molar-refractivity contribution in [1.29, 1.82) is 0 Å². The number of hydrogen-bond acceptors (Lipinski definition) is 5. The second kappa shape index (κ2) is 8.25. The summed E-state index contributed by atoms with van der Waals surface area (Å²) in [6, 6.07) is 0.366. The molecule has 3 atom stereocenters. The van der Waals surface area contributed by atoms with Crippen LogP contribution in [0.2, 0.25) is 0 Å². The molecule has 2 saturated heterocycles. The Labute approximate surface area is 152 Å². The standard InChI is InChI=1S/C18H34N2O4S/c1-14(19-15-9-11-25(22,23)13-15)12-16-8-6-5-7-10-20(16)17(21)24-18(2,3)4/h14-16,19H,5-13H2,1-4H3. The fourth-order valence-electron chi connectivity index (χ4n) is 3.79. The molecule has 1 amide bonds. The van der Waals surface area contributed by atoms with Gasteiger partial charge in [-0.15, -0.1) is 0 Å². The van der Waals surface area contributed by atoms with E-state index in [9.17, 15) is 13.2 Å². The smallest absolute Gasteiger partial charge is 0.410 e. The Morgan fingerprint density at radius 1 is 1.24 bits per heavy atom. The molecular weight excluding hydrogens is 340 g/mol. The van der Waals surface area contributed by atoms with E-state index in [0.29, 0.717) is 6.42 Å². The number of carbonyl (C=O) groups excluding carboxylic acids is 1. The summed E-state index contributed by atoms with van der Waals surface area (Å²) in [5.41, 5.74) is -0.490. The number of likely N-dealkylation sites (tertiary alicyclic amines) is 1. The molecule has 2 rings (SSSR count). The number of hydrogen-bond donors (Lipinski definition) is 1. The fourth-order valence-corrected chi connectivity index (χ4v) is 5.47. The zero-order valence-corrected chi connectivity index (χ0v) is 16.9. The Morgan fingerprint density at radius 2 is 1.96 bits per heavy atom. The summed E-state index contributed by atoms with van der Waals surface area (Å²) in [7, 11) is -2.87. The van der Waals surface area contributed by atoms with Gasteiger partial charge in [-0.1, -0.05) is 12.8 Å². The van der Waals surface area contributed by atoms with Crippen molar-refractivity contribution in [1.82, 2.24) is 10.2 Å². The summed E-state index contributed by atoms with van der Waals surface area (Å²) >= 11 is 0. The van der Waals surface area contributed by atoms with Crippen LogP contribution in [0, 0.1) is 0 Å². The van der Waals surface area contributed by atoms with Gasteiger partial charge < -0.3 is 15.0 Å². The summed E-state index contributed by atoms with van der Waals surface area (Å²) in [5.74, 6) is 0.517. The number of sulfone groups is 1. The molecule has 0 saturated carbocycles. The van der Waals surface area contributed by atoms with Crippen molar-refractivity contribution in [2.24, 2.45) is 0 Å². The van der Waals surface area contributed by atoms with E-state index in [0.717, 1.165) is 38.6 Å². The van der Waals surface area contributed by atoms with Gasteiger partial charge in [0.25, 0.3) is 0 Å². The van der Waals surface area contributed by atoms with Gasteiger partial charge in [-0.3, -0.25) is 0 Å². The lowest BCUT2D eigenvalue weighted by molar-refractivity contribution is 0.0149. The summed E-state index contributed by atoms with van der Waals surface area (Å²) in [6.07, 6.45) is 5.54. The van der Waals surface area contributed by atoms with Crippen LogP contribution in [0.25, 0.3) is 0 Å². The third-order valence-electron chi connectivity index (χ3n) is 4.88. The van der Waals surface area contributed by atoms with Crippen molar-refractivity contribution in [3.05, 3.63) is 0 Å². The number of nitrogens with one attached hydrogen (secondary N) is 1. The third-order valence-corrected chi connectivity index (χ3v) is 6.65. The van der Waals surface area contributed by atoms with E-state index in [1.165, 1.54) is 0 Å². The molecule has 3 unspecified atom stereocenters. The van der Waals surface area contributed by atoms with Gasteiger partial charge in [-0.25, -0.2) is 13.2 Å². The van der Waals surface area contributed by atoms with E-state index >= 15 is 0 Å². The van der Waals surface area contributed by atoms with Crippen molar-refractivity contribution in [3.8, 4) is 0 Å². The monoisotopic (exact) mass is 374 g/mol. The molecule has 2 aliphatic rings. The number of ether oxygens (including phenoxy) is 1. The molecule has 0 aromatic carbocycles. The van der Waals surface area contributed by atoms with Gasteiger partial charge in [0.1, 0.15) is 5.60 Å². The molecule has 0 spiro atoms. The molecule has 0 aromatic rings. The predicted octanol–water partition coefficient (Wildman–Crippen LogP) is 2.72. The second-order valence-corrected chi connectivity index (χ2v) is 10.8. The summed E-state index contributed by atoms with van der Waals surface area (Å²) < 4.78 is 28.8. The Bertz CT molecular complexity index is 556. The van der Waals surface area contributed by atoms with E-state index in [1.807, 2.05) is 25.7 Å². The normalized spacial score (nSPS) is 28.4. The SMILES string of the molecule is CC(CC1CCCCCN1C(=O)OC(C)(C)C)NC1CCS(=O)(=O)C1. The van der Waals surface area contributed by atoms with E-state index in [-0.39, 0.29) is 35.7 Å². The maximum Gasteiger partial charge on any atom is 0.410 e. The maximum atomic E-state index is 12.6. The highest BCUT2D eigenvalue weighted by Gasteiger charge is 2.32. The van der Waals surface area contributed by atoms with Gasteiger partial charge in [0, 0.05) is 24.7 Å².